The molecule has 0 aliphatic carbocycles. The van der Waals surface area contributed by atoms with E-state index in [1.807, 2.05) is 54.6 Å². The quantitative estimate of drug-likeness (QED) is 0.695. The van der Waals surface area contributed by atoms with Gasteiger partial charge in [0.1, 0.15) is 11.6 Å². The highest BCUT2D eigenvalue weighted by atomic mass is 32.1. The Kier molecular flexibility index (Phi) is 5.29. The zero-order valence-electron chi connectivity index (χ0n) is 15.0. The van der Waals surface area contributed by atoms with Crippen LogP contribution < -0.4 is 15.0 Å². The second-order valence-electron chi connectivity index (χ2n) is 6.28. The maximum Gasteiger partial charge on any atom is 0.265 e. The number of nitrogens with one attached hydrogen (secondary N) is 1. The van der Waals surface area contributed by atoms with Crippen molar-refractivity contribution in [3.05, 3.63) is 66.0 Å². The van der Waals surface area contributed by atoms with Crippen molar-refractivity contribution in [3.8, 4) is 5.75 Å². The summed E-state index contributed by atoms with van der Waals surface area (Å²) < 4.78 is 9.70. The fourth-order valence-corrected chi connectivity index (χ4v) is 3.55. The number of hydrogen-bond donors (Lipinski definition) is 1. The molecular weight excluding hydrogens is 376 g/mol. The molecule has 0 fully saturated rings. The molecule has 0 radical (unpaired) electrons. The normalized spacial score (nSPS) is 13.0. The Bertz CT molecular complexity index is 990. The fourth-order valence-electron chi connectivity index (χ4n) is 2.95. The van der Waals surface area contributed by atoms with E-state index in [9.17, 15) is 9.59 Å². The molecule has 4 rings (SSSR count). The average molecular weight is 394 g/mol. The second-order valence-corrected chi connectivity index (χ2v) is 7.03. The molecule has 7 nitrogen and oxygen atoms in total. The number of ether oxygens (including phenoxy) is 1. The van der Waals surface area contributed by atoms with Crippen LogP contribution in [0.5, 0.6) is 5.75 Å². The van der Waals surface area contributed by atoms with E-state index in [-0.39, 0.29) is 31.4 Å². The first-order valence-electron chi connectivity index (χ1n) is 8.87. The Morgan fingerprint density at radius 1 is 1.14 bits per heavy atom. The van der Waals surface area contributed by atoms with Gasteiger partial charge in [-0.05, 0) is 17.7 Å². The van der Waals surface area contributed by atoms with Gasteiger partial charge in [-0.2, -0.15) is 4.37 Å². The molecule has 1 aromatic heterocycles. The van der Waals surface area contributed by atoms with Crippen molar-refractivity contribution in [2.24, 2.45) is 0 Å². The van der Waals surface area contributed by atoms with Gasteiger partial charge in [0.25, 0.3) is 5.91 Å². The Labute approximate surface area is 166 Å². The van der Waals surface area contributed by atoms with Crippen molar-refractivity contribution in [1.29, 1.82) is 0 Å². The van der Waals surface area contributed by atoms with Gasteiger partial charge in [0.05, 0.1) is 5.69 Å². The highest BCUT2D eigenvalue weighted by molar-refractivity contribution is 7.09. The predicted octanol–water partition coefficient (Wildman–Crippen LogP) is 2.88. The summed E-state index contributed by atoms with van der Waals surface area (Å²) in [5.41, 5.74) is 1.80. The topological polar surface area (TPSA) is 84.4 Å². The zero-order chi connectivity index (χ0) is 19.3. The van der Waals surface area contributed by atoms with E-state index in [0.29, 0.717) is 28.8 Å². The van der Waals surface area contributed by atoms with Gasteiger partial charge in [0.15, 0.2) is 6.61 Å². The van der Waals surface area contributed by atoms with Crippen molar-refractivity contribution in [2.75, 3.05) is 23.4 Å². The van der Waals surface area contributed by atoms with Crippen molar-refractivity contribution < 1.29 is 14.3 Å². The Morgan fingerprint density at radius 3 is 2.79 bits per heavy atom. The number of rotatable bonds is 6. The molecule has 142 valence electrons. The number of para-hydroxylation sites is 2. The molecule has 0 atom stereocenters. The van der Waals surface area contributed by atoms with Crippen LogP contribution in [-0.2, 0) is 16.0 Å². The summed E-state index contributed by atoms with van der Waals surface area (Å²) in [6, 6.07) is 17.2. The van der Waals surface area contributed by atoms with Gasteiger partial charge >= 0.3 is 0 Å². The Balaban J connectivity index is 1.33. The first-order chi connectivity index (χ1) is 13.7. The molecular formula is C20H18N4O3S. The van der Waals surface area contributed by atoms with E-state index in [1.165, 1.54) is 0 Å². The highest BCUT2D eigenvalue weighted by Crippen LogP contribution is 2.31. The molecule has 1 N–H and O–H groups in total. The summed E-state index contributed by atoms with van der Waals surface area (Å²) in [5, 5.41) is 3.23. The standard InChI is InChI=1S/C20H18N4O3S/c25-18(10-11-24-15-8-4-5-9-16(15)27-13-19(24)26)22-20-21-17(23-28-20)12-14-6-2-1-3-7-14/h1-9H,10-13H2,(H,21,22,23,25). The van der Waals surface area contributed by atoms with E-state index >= 15 is 0 Å². The number of anilines is 2. The highest BCUT2D eigenvalue weighted by Gasteiger charge is 2.25. The van der Waals surface area contributed by atoms with Crippen LogP contribution in [0.1, 0.15) is 17.8 Å². The van der Waals surface area contributed by atoms with Crippen molar-refractivity contribution >= 4 is 34.2 Å². The number of hydrogen-bond acceptors (Lipinski definition) is 6. The minimum Gasteiger partial charge on any atom is -0.482 e. The van der Waals surface area contributed by atoms with Crippen molar-refractivity contribution in [1.82, 2.24) is 9.36 Å². The first kappa shape index (κ1) is 18.1. The van der Waals surface area contributed by atoms with Crippen molar-refractivity contribution in [3.63, 3.8) is 0 Å². The van der Waals surface area contributed by atoms with E-state index in [2.05, 4.69) is 14.7 Å². The third kappa shape index (κ3) is 4.17. The number of benzene rings is 2. The molecule has 28 heavy (non-hydrogen) atoms. The van der Waals surface area contributed by atoms with Crippen LogP contribution in [0.2, 0.25) is 0 Å². The molecule has 0 spiro atoms. The largest absolute Gasteiger partial charge is 0.482 e. The molecule has 1 aliphatic rings. The summed E-state index contributed by atoms with van der Waals surface area (Å²) in [6.07, 6.45) is 0.778. The van der Waals surface area contributed by atoms with Gasteiger partial charge in [-0.15, -0.1) is 0 Å². The molecule has 0 bridgehead atoms. The van der Waals surface area contributed by atoms with Gasteiger partial charge in [-0.3, -0.25) is 9.59 Å². The molecule has 1 aliphatic heterocycles. The van der Waals surface area contributed by atoms with Gasteiger partial charge < -0.3 is 15.0 Å². The average Bonchev–Trinajstić information content (AvgIpc) is 3.14. The molecule has 3 aromatic rings. The molecule has 2 amide bonds. The SMILES string of the molecule is O=C(CCN1C(=O)COc2ccccc21)Nc1nc(Cc2ccccc2)ns1. The van der Waals surface area contributed by atoms with Gasteiger partial charge in [0.2, 0.25) is 11.0 Å². The van der Waals surface area contributed by atoms with E-state index in [1.54, 1.807) is 4.90 Å². The summed E-state index contributed by atoms with van der Waals surface area (Å²) >= 11 is 1.15. The van der Waals surface area contributed by atoms with Crippen LogP contribution in [0.3, 0.4) is 0 Å². The number of amides is 2. The predicted molar refractivity (Wildman–Crippen MR) is 107 cm³/mol. The van der Waals surface area contributed by atoms with Gasteiger partial charge in [-0.1, -0.05) is 42.5 Å². The second kappa shape index (κ2) is 8.18. The molecule has 0 unspecified atom stereocenters. The minimum absolute atomic E-state index is 0.0160. The fraction of sp³-hybridized carbons (Fsp3) is 0.200. The van der Waals surface area contributed by atoms with Gasteiger partial charge in [0, 0.05) is 30.9 Å². The number of carbonyl (C=O) groups is 2. The van der Waals surface area contributed by atoms with Crippen LogP contribution in [0.15, 0.2) is 54.6 Å². The lowest BCUT2D eigenvalue weighted by Crippen LogP contribution is -2.40. The monoisotopic (exact) mass is 394 g/mol. The minimum atomic E-state index is -0.209. The zero-order valence-corrected chi connectivity index (χ0v) is 15.8. The van der Waals surface area contributed by atoms with Crippen LogP contribution in [0.25, 0.3) is 0 Å². The Hall–Kier alpha value is -3.26. The maximum atomic E-state index is 12.3. The summed E-state index contributed by atoms with van der Waals surface area (Å²) in [7, 11) is 0. The molecule has 2 aromatic carbocycles. The third-order valence-electron chi connectivity index (χ3n) is 4.29. The Morgan fingerprint density at radius 2 is 1.93 bits per heavy atom. The molecule has 2 heterocycles. The number of carbonyl (C=O) groups excluding carboxylic acids is 2. The summed E-state index contributed by atoms with van der Waals surface area (Å²) in [4.78, 5) is 30.4. The van der Waals surface area contributed by atoms with Crippen LogP contribution in [0.4, 0.5) is 10.8 Å². The van der Waals surface area contributed by atoms with Crippen molar-refractivity contribution in [2.45, 2.75) is 12.8 Å². The lowest BCUT2D eigenvalue weighted by molar-refractivity contribution is -0.121. The first-order valence-corrected chi connectivity index (χ1v) is 9.65. The van der Waals surface area contributed by atoms with E-state index in [4.69, 9.17) is 4.74 Å². The van der Waals surface area contributed by atoms with Crippen LogP contribution >= 0.6 is 11.5 Å². The van der Waals surface area contributed by atoms with E-state index in [0.717, 1.165) is 17.1 Å². The summed E-state index contributed by atoms with van der Waals surface area (Å²) in [5.74, 6) is 0.952. The summed E-state index contributed by atoms with van der Waals surface area (Å²) in [6.45, 7) is 0.262. The maximum absolute atomic E-state index is 12.3. The van der Waals surface area contributed by atoms with Crippen LogP contribution in [0, 0.1) is 0 Å². The van der Waals surface area contributed by atoms with E-state index < -0.39 is 0 Å². The number of aromatic nitrogens is 2. The smallest absolute Gasteiger partial charge is 0.265 e. The van der Waals surface area contributed by atoms with Gasteiger partial charge in [-0.25, -0.2) is 4.98 Å². The third-order valence-corrected chi connectivity index (χ3v) is 4.96. The molecule has 0 saturated carbocycles. The number of nitrogens with zero attached hydrogens (tertiary/aromatic N) is 3. The molecule has 0 saturated heterocycles. The number of fused-ring (bicyclic) bond motifs is 1. The molecule has 8 heteroatoms. The lowest BCUT2D eigenvalue weighted by Gasteiger charge is -2.29. The lowest BCUT2D eigenvalue weighted by atomic mass is 10.1. The van der Waals surface area contributed by atoms with Crippen LogP contribution in [-0.4, -0.2) is 34.3 Å².